The van der Waals surface area contributed by atoms with Gasteiger partial charge in [0.2, 0.25) is 11.8 Å². The van der Waals surface area contributed by atoms with E-state index in [0.717, 1.165) is 23.2 Å². The minimum atomic E-state index is -0.251. The minimum absolute atomic E-state index is 0.0697. The lowest BCUT2D eigenvalue weighted by Gasteiger charge is -2.15. The van der Waals surface area contributed by atoms with Crippen molar-refractivity contribution in [3.8, 4) is 0 Å². The van der Waals surface area contributed by atoms with Gasteiger partial charge in [-0.15, -0.1) is 0 Å². The van der Waals surface area contributed by atoms with E-state index in [-0.39, 0.29) is 30.9 Å². The lowest BCUT2D eigenvalue weighted by molar-refractivity contribution is -0.123. The van der Waals surface area contributed by atoms with Crippen LogP contribution >= 0.6 is 11.6 Å². The van der Waals surface area contributed by atoms with Gasteiger partial charge < -0.3 is 16.0 Å². The largest absolute Gasteiger partial charge is 0.346 e. The molecule has 0 bridgehead atoms. The van der Waals surface area contributed by atoms with Gasteiger partial charge in [-0.25, -0.2) is 0 Å². The molecule has 2 rings (SSSR count). The van der Waals surface area contributed by atoms with Crippen molar-refractivity contribution in [2.75, 3.05) is 18.4 Å². The van der Waals surface area contributed by atoms with Gasteiger partial charge in [0.15, 0.2) is 0 Å². The smallest absolute Gasteiger partial charge is 0.243 e. The topological polar surface area (TPSA) is 70.2 Å². The van der Waals surface area contributed by atoms with E-state index in [9.17, 15) is 9.59 Å². The molecule has 0 saturated carbocycles. The van der Waals surface area contributed by atoms with Crippen LogP contribution in [0.5, 0.6) is 0 Å². The van der Waals surface area contributed by atoms with Crippen LogP contribution in [0, 0.1) is 0 Å². The van der Waals surface area contributed by atoms with Crippen molar-refractivity contribution in [2.24, 2.45) is 0 Å². The molecule has 0 aromatic heterocycles. The van der Waals surface area contributed by atoms with Crippen LogP contribution in [-0.4, -0.2) is 24.9 Å². The summed E-state index contributed by atoms with van der Waals surface area (Å²) >= 11 is 6.15. The van der Waals surface area contributed by atoms with Gasteiger partial charge in [-0.2, -0.15) is 0 Å². The SMILES string of the molecule is CCc1ccccc1NC(=O)CNC(=O)CNC(C)c1ccccc1Cl. The molecular weight excluding hydrogens is 350 g/mol. The summed E-state index contributed by atoms with van der Waals surface area (Å²) in [5.74, 6) is -0.499. The summed E-state index contributed by atoms with van der Waals surface area (Å²) in [7, 11) is 0. The fourth-order valence-electron chi connectivity index (χ4n) is 2.57. The molecule has 6 heteroatoms. The van der Waals surface area contributed by atoms with Crippen LogP contribution < -0.4 is 16.0 Å². The molecule has 26 heavy (non-hydrogen) atoms. The number of para-hydroxylation sites is 1. The maximum atomic E-state index is 12.0. The molecule has 138 valence electrons. The van der Waals surface area contributed by atoms with Crippen molar-refractivity contribution >= 4 is 29.1 Å². The third-order valence-electron chi connectivity index (χ3n) is 4.06. The molecule has 0 aliphatic rings. The van der Waals surface area contributed by atoms with Crippen molar-refractivity contribution in [3.05, 3.63) is 64.7 Å². The van der Waals surface area contributed by atoms with Gasteiger partial charge in [-0.05, 0) is 36.6 Å². The van der Waals surface area contributed by atoms with Gasteiger partial charge in [-0.3, -0.25) is 9.59 Å². The van der Waals surface area contributed by atoms with Gasteiger partial charge in [0.1, 0.15) is 0 Å². The summed E-state index contributed by atoms with van der Waals surface area (Å²) in [6.45, 7) is 3.99. The lowest BCUT2D eigenvalue weighted by atomic mass is 10.1. The maximum Gasteiger partial charge on any atom is 0.243 e. The Morgan fingerprint density at radius 1 is 1.00 bits per heavy atom. The summed E-state index contributed by atoms with van der Waals surface area (Å²) in [6, 6.07) is 15.0. The van der Waals surface area contributed by atoms with Crippen molar-refractivity contribution in [1.82, 2.24) is 10.6 Å². The molecule has 0 aliphatic carbocycles. The Balaban J connectivity index is 1.76. The quantitative estimate of drug-likeness (QED) is 0.664. The van der Waals surface area contributed by atoms with Crippen molar-refractivity contribution < 1.29 is 9.59 Å². The third kappa shape index (κ3) is 5.86. The highest BCUT2D eigenvalue weighted by atomic mass is 35.5. The molecule has 3 N–H and O–H groups in total. The van der Waals surface area contributed by atoms with Crippen molar-refractivity contribution in [1.29, 1.82) is 0 Å². The van der Waals surface area contributed by atoms with Crippen LogP contribution in [0.15, 0.2) is 48.5 Å². The zero-order valence-corrected chi connectivity index (χ0v) is 15.8. The fourth-order valence-corrected chi connectivity index (χ4v) is 2.87. The first-order valence-electron chi connectivity index (χ1n) is 8.63. The number of amides is 2. The lowest BCUT2D eigenvalue weighted by Crippen LogP contribution is -2.39. The molecule has 0 aliphatic heterocycles. The van der Waals surface area contributed by atoms with E-state index in [1.54, 1.807) is 0 Å². The number of anilines is 1. The summed E-state index contributed by atoms with van der Waals surface area (Å²) < 4.78 is 0. The Labute approximate surface area is 159 Å². The Morgan fingerprint density at radius 3 is 2.42 bits per heavy atom. The zero-order valence-electron chi connectivity index (χ0n) is 15.0. The van der Waals surface area contributed by atoms with E-state index in [2.05, 4.69) is 16.0 Å². The number of hydrogen-bond acceptors (Lipinski definition) is 3. The van der Waals surface area contributed by atoms with Crippen molar-refractivity contribution in [2.45, 2.75) is 26.3 Å². The van der Waals surface area contributed by atoms with Crippen LogP contribution in [0.1, 0.15) is 31.0 Å². The maximum absolute atomic E-state index is 12.0. The minimum Gasteiger partial charge on any atom is -0.346 e. The third-order valence-corrected chi connectivity index (χ3v) is 4.40. The number of benzene rings is 2. The van der Waals surface area contributed by atoms with Crippen LogP contribution in [0.4, 0.5) is 5.69 Å². The number of nitrogens with one attached hydrogen (secondary N) is 3. The van der Waals surface area contributed by atoms with E-state index in [4.69, 9.17) is 11.6 Å². The number of carbonyl (C=O) groups excluding carboxylic acids is 2. The van der Waals surface area contributed by atoms with E-state index < -0.39 is 0 Å². The van der Waals surface area contributed by atoms with E-state index in [1.807, 2.05) is 62.4 Å². The van der Waals surface area contributed by atoms with Gasteiger partial charge in [0.25, 0.3) is 0 Å². The second kappa shape index (κ2) is 9.94. The predicted molar refractivity (Wildman–Crippen MR) is 105 cm³/mol. The average molecular weight is 374 g/mol. The number of hydrogen-bond donors (Lipinski definition) is 3. The van der Waals surface area contributed by atoms with Gasteiger partial charge in [0, 0.05) is 16.8 Å². The fraction of sp³-hybridized carbons (Fsp3) is 0.300. The second-order valence-corrected chi connectivity index (χ2v) is 6.37. The molecule has 0 heterocycles. The van der Waals surface area contributed by atoms with E-state index in [1.165, 1.54) is 0 Å². The summed E-state index contributed by atoms with van der Waals surface area (Å²) in [4.78, 5) is 24.0. The highest BCUT2D eigenvalue weighted by Gasteiger charge is 2.11. The Morgan fingerprint density at radius 2 is 1.69 bits per heavy atom. The normalized spacial score (nSPS) is 11.7. The highest BCUT2D eigenvalue weighted by Crippen LogP contribution is 2.21. The van der Waals surface area contributed by atoms with E-state index >= 15 is 0 Å². The highest BCUT2D eigenvalue weighted by molar-refractivity contribution is 6.31. The molecule has 1 atom stereocenters. The van der Waals surface area contributed by atoms with Gasteiger partial charge in [-0.1, -0.05) is 54.9 Å². The zero-order chi connectivity index (χ0) is 18.9. The van der Waals surface area contributed by atoms with Gasteiger partial charge in [0.05, 0.1) is 13.1 Å². The number of rotatable bonds is 8. The molecular formula is C20H24ClN3O2. The number of aryl methyl sites for hydroxylation is 1. The first-order valence-corrected chi connectivity index (χ1v) is 9.01. The van der Waals surface area contributed by atoms with E-state index in [0.29, 0.717) is 5.02 Å². The van der Waals surface area contributed by atoms with Crippen LogP contribution in [0.2, 0.25) is 5.02 Å². The standard InChI is InChI=1S/C20H24ClN3O2/c1-3-15-8-4-7-11-18(15)24-20(26)13-23-19(25)12-22-14(2)16-9-5-6-10-17(16)21/h4-11,14,22H,3,12-13H2,1-2H3,(H,23,25)(H,24,26). The van der Waals surface area contributed by atoms with Crippen LogP contribution in [-0.2, 0) is 16.0 Å². The molecule has 2 aromatic carbocycles. The molecule has 2 aromatic rings. The summed E-state index contributed by atoms with van der Waals surface area (Å²) in [5.41, 5.74) is 2.76. The van der Waals surface area contributed by atoms with Crippen LogP contribution in [0.3, 0.4) is 0 Å². The van der Waals surface area contributed by atoms with Gasteiger partial charge >= 0.3 is 0 Å². The monoisotopic (exact) mass is 373 g/mol. The Bertz CT molecular complexity index is 764. The predicted octanol–water partition coefficient (Wildman–Crippen LogP) is 3.31. The Hall–Kier alpha value is -2.37. The average Bonchev–Trinajstić information content (AvgIpc) is 2.65. The number of carbonyl (C=O) groups is 2. The molecule has 0 spiro atoms. The second-order valence-electron chi connectivity index (χ2n) is 5.96. The molecule has 0 fully saturated rings. The summed E-state index contributed by atoms with van der Waals surface area (Å²) in [6.07, 6.45) is 0.826. The first-order chi connectivity index (χ1) is 12.5. The Kier molecular flexibility index (Phi) is 7.63. The molecule has 0 saturated heterocycles. The molecule has 0 radical (unpaired) electrons. The van der Waals surface area contributed by atoms with Crippen molar-refractivity contribution in [3.63, 3.8) is 0 Å². The molecule has 2 amide bonds. The first kappa shape index (κ1) is 19.9. The summed E-state index contributed by atoms with van der Waals surface area (Å²) in [5, 5.41) is 9.20. The van der Waals surface area contributed by atoms with Crippen LogP contribution in [0.25, 0.3) is 0 Å². The molecule has 5 nitrogen and oxygen atoms in total. The molecule has 1 unspecified atom stereocenters. The number of halogens is 1.